The second-order valence-corrected chi connectivity index (χ2v) is 6.85. The summed E-state index contributed by atoms with van der Waals surface area (Å²) in [6, 6.07) is 3.48. The highest BCUT2D eigenvalue weighted by Crippen LogP contribution is 2.26. The topological polar surface area (TPSA) is 147 Å². The number of nitrogens with one attached hydrogen (secondary N) is 1. The van der Waals surface area contributed by atoms with Gasteiger partial charge in [0.25, 0.3) is 5.91 Å². The molecule has 11 nitrogen and oxygen atoms in total. The zero-order chi connectivity index (χ0) is 23.3. The molecule has 3 aromatic rings. The number of carbonyl (C=O) groups excluding carboxylic acids is 1. The molecule has 1 atom stereocenters. The first kappa shape index (κ1) is 22.8. The van der Waals surface area contributed by atoms with Gasteiger partial charge in [-0.3, -0.25) is 4.79 Å². The number of H-pyrrole nitrogens is 1. The molecule has 3 aromatic heterocycles. The fraction of sp³-hybridized carbons (Fsp3) is 0.389. The van der Waals surface area contributed by atoms with E-state index >= 15 is 0 Å². The number of rotatable bonds is 4. The van der Waals surface area contributed by atoms with E-state index in [0.717, 1.165) is 12.8 Å². The normalized spacial score (nSPS) is 16.3. The molecule has 1 saturated heterocycles. The molecule has 0 aromatic carbocycles. The lowest BCUT2D eigenvalue weighted by atomic mass is 9.98. The van der Waals surface area contributed by atoms with Crippen LogP contribution in [0.2, 0.25) is 0 Å². The summed E-state index contributed by atoms with van der Waals surface area (Å²) in [6.07, 6.45) is 1.77. The van der Waals surface area contributed by atoms with Crippen LogP contribution in [0.1, 0.15) is 41.0 Å². The minimum atomic E-state index is -5.08. The fourth-order valence-electron chi connectivity index (χ4n) is 3.07. The second-order valence-electron chi connectivity index (χ2n) is 6.85. The van der Waals surface area contributed by atoms with E-state index < -0.39 is 17.9 Å². The fourth-order valence-corrected chi connectivity index (χ4v) is 3.07. The quantitative estimate of drug-likeness (QED) is 0.603. The van der Waals surface area contributed by atoms with E-state index in [0.29, 0.717) is 37.0 Å². The Morgan fingerprint density at radius 3 is 2.62 bits per heavy atom. The van der Waals surface area contributed by atoms with Crippen molar-refractivity contribution in [2.75, 3.05) is 13.1 Å². The molecule has 0 spiro atoms. The summed E-state index contributed by atoms with van der Waals surface area (Å²) >= 11 is 0. The first-order valence-electron chi connectivity index (χ1n) is 9.32. The molecule has 1 amide bonds. The van der Waals surface area contributed by atoms with Crippen LogP contribution in [0.4, 0.5) is 13.2 Å². The Morgan fingerprint density at radius 1 is 1.28 bits per heavy atom. The molecule has 1 fully saturated rings. The van der Waals surface area contributed by atoms with Gasteiger partial charge >= 0.3 is 17.9 Å². The Bertz CT molecular complexity index is 1100. The zero-order valence-electron chi connectivity index (χ0n) is 16.4. The molecule has 172 valence electrons. The van der Waals surface area contributed by atoms with Crippen LogP contribution in [-0.4, -0.2) is 60.9 Å². The Hall–Kier alpha value is -3.84. The number of aromatic nitrogens is 4. The van der Waals surface area contributed by atoms with E-state index in [1.165, 1.54) is 0 Å². The molecular weight excluding hydrogens is 439 g/mol. The van der Waals surface area contributed by atoms with Gasteiger partial charge in [0.1, 0.15) is 5.76 Å². The molecule has 1 aliphatic rings. The number of furan rings is 1. The summed E-state index contributed by atoms with van der Waals surface area (Å²) in [5, 5.41) is 13.3. The van der Waals surface area contributed by atoms with Crippen molar-refractivity contribution in [2.45, 2.75) is 31.5 Å². The highest BCUT2D eigenvalue weighted by Gasteiger charge is 2.38. The van der Waals surface area contributed by atoms with E-state index in [2.05, 4.69) is 15.2 Å². The van der Waals surface area contributed by atoms with Crippen LogP contribution in [-0.2, 0) is 11.3 Å². The molecule has 2 N–H and O–H groups in total. The summed E-state index contributed by atoms with van der Waals surface area (Å²) in [6.45, 7) is 1.61. The minimum absolute atomic E-state index is 0.0861. The standard InChI is InChI=1S/C16H17N5O4.C2HF3O2/c22-15(13-4-3-12(24-13)9-20-7-5-17-10-20)21-6-1-2-11(8-21)14-18-19-16(23)25-14;3-2(4,5)1(6)7/h3-5,7,10-11H,1-2,6,8-9H2,(H,19,23);(H,6,7). The van der Waals surface area contributed by atoms with Crippen LogP contribution in [0.3, 0.4) is 0 Å². The highest BCUT2D eigenvalue weighted by atomic mass is 19.4. The Kier molecular flexibility index (Phi) is 6.80. The van der Waals surface area contributed by atoms with Crippen LogP contribution < -0.4 is 5.76 Å². The van der Waals surface area contributed by atoms with Crippen molar-refractivity contribution in [3.8, 4) is 0 Å². The maximum Gasteiger partial charge on any atom is 0.490 e. The molecule has 0 radical (unpaired) electrons. The largest absolute Gasteiger partial charge is 0.490 e. The van der Waals surface area contributed by atoms with Crippen LogP contribution in [0, 0.1) is 0 Å². The monoisotopic (exact) mass is 457 g/mol. The number of nitrogens with zero attached hydrogens (tertiary/aromatic N) is 4. The molecule has 0 aliphatic carbocycles. The Labute approximate surface area is 177 Å². The van der Waals surface area contributed by atoms with Crippen molar-refractivity contribution < 1.29 is 36.7 Å². The van der Waals surface area contributed by atoms with E-state index in [1.54, 1.807) is 29.6 Å². The van der Waals surface area contributed by atoms with Crippen LogP contribution in [0.15, 0.2) is 44.5 Å². The van der Waals surface area contributed by atoms with Crippen molar-refractivity contribution in [1.29, 1.82) is 0 Å². The van der Waals surface area contributed by atoms with Crippen LogP contribution in [0.25, 0.3) is 0 Å². The van der Waals surface area contributed by atoms with Crippen molar-refractivity contribution in [3.63, 3.8) is 0 Å². The number of piperidine rings is 1. The number of alkyl halides is 3. The highest BCUT2D eigenvalue weighted by molar-refractivity contribution is 5.91. The number of likely N-dealkylation sites (tertiary alicyclic amines) is 1. The van der Waals surface area contributed by atoms with Gasteiger partial charge in [-0.2, -0.15) is 13.2 Å². The summed E-state index contributed by atoms with van der Waals surface area (Å²) in [5.41, 5.74) is 0. The maximum atomic E-state index is 12.7. The SMILES string of the molecule is O=C(O)C(F)(F)F.O=C(c1ccc(Cn2ccnc2)o1)N1CCCC(c2n[nH]c(=O)o2)C1. The summed E-state index contributed by atoms with van der Waals surface area (Å²) in [7, 11) is 0. The molecular formula is C18H18F3N5O6. The van der Waals surface area contributed by atoms with E-state index in [9.17, 15) is 22.8 Å². The predicted octanol–water partition coefficient (Wildman–Crippen LogP) is 1.85. The Balaban J connectivity index is 0.000000360. The average Bonchev–Trinajstić information content (AvgIpc) is 3.50. The predicted molar refractivity (Wildman–Crippen MR) is 98.7 cm³/mol. The first-order valence-corrected chi connectivity index (χ1v) is 9.32. The van der Waals surface area contributed by atoms with Crippen molar-refractivity contribution in [2.24, 2.45) is 0 Å². The summed E-state index contributed by atoms with van der Waals surface area (Å²) in [5.74, 6) is -2.24. The third-order valence-electron chi connectivity index (χ3n) is 4.53. The molecule has 32 heavy (non-hydrogen) atoms. The molecule has 1 aliphatic heterocycles. The van der Waals surface area contributed by atoms with Gasteiger partial charge in [-0.05, 0) is 25.0 Å². The van der Waals surface area contributed by atoms with Gasteiger partial charge in [0, 0.05) is 25.5 Å². The second kappa shape index (κ2) is 9.53. The van der Waals surface area contributed by atoms with E-state index in [1.807, 2.05) is 10.8 Å². The number of aromatic amines is 1. The van der Waals surface area contributed by atoms with Crippen molar-refractivity contribution in [3.05, 3.63) is 58.8 Å². The third kappa shape index (κ3) is 5.86. The van der Waals surface area contributed by atoms with Gasteiger partial charge in [0.05, 0.1) is 18.8 Å². The number of carboxylic acid groups (broad SMARTS) is 1. The van der Waals surface area contributed by atoms with Gasteiger partial charge in [-0.25, -0.2) is 19.7 Å². The van der Waals surface area contributed by atoms with Crippen LogP contribution >= 0.6 is 0 Å². The lowest BCUT2D eigenvalue weighted by Crippen LogP contribution is -2.39. The lowest BCUT2D eigenvalue weighted by Gasteiger charge is -2.30. The number of hydrogen-bond acceptors (Lipinski definition) is 7. The van der Waals surface area contributed by atoms with E-state index in [4.69, 9.17) is 18.7 Å². The molecule has 0 bridgehead atoms. The maximum absolute atomic E-state index is 12.7. The van der Waals surface area contributed by atoms with Crippen LogP contribution in [0.5, 0.6) is 0 Å². The third-order valence-corrected chi connectivity index (χ3v) is 4.53. The first-order chi connectivity index (χ1) is 15.1. The number of halogens is 3. The molecule has 0 saturated carbocycles. The molecule has 14 heteroatoms. The smallest absolute Gasteiger partial charge is 0.475 e. The number of hydrogen-bond donors (Lipinski definition) is 2. The summed E-state index contributed by atoms with van der Waals surface area (Å²) in [4.78, 5) is 38.4. The Morgan fingerprint density at radius 2 is 2.03 bits per heavy atom. The number of carboxylic acids is 1. The van der Waals surface area contributed by atoms with Gasteiger partial charge in [-0.15, -0.1) is 5.10 Å². The number of imidazole rings is 1. The summed E-state index contributed by atoms with van der Waals surface area (Å²) < 4.78 is 44.3. The van der Waals surface area contributed by atoms with Gasteiger partial charge in [0.2, 0.25) is 5.89 Å². The number of aliphatic carboxylic acids is 1. The number of carbonyl (C=O) groups is 2. The van der Waals surface area contributed by atoms with Crippen molar-refractivity contribution in [1.82, 2.24) is 24.6 Å². The average molecular weight is 457 g/mol. The van der Waals surface area contributed by atoms with Gasteiger partial charge in [0.15, 0.2) is 5.76 Å². The molecule has 1 unspecified atom stereocenters. The van der Waals surface area contributed by atoms with Gasteiger partial charge < -0.3 is 23.4 Å². The van der Waals surface area contributed by atoms with E-state index in [-0.39, 0.29) is 11.8 Å². The van der Waals surface area contributed by atoms with Gasteiger partial charge in [-0.1, -0.05) is 0 Å². The molecule has 4 heterocycles. The van der Waals surface area contributed by atoms with Crippen molar-refractivity contribution >= 4 is 11.9 Å². The minimum Gasteiger partial charge on any atom is -0.475 e. The number of amides is 1. The zero-order valence-corrected chi connectivity index (χ0v) is 16.4. The lowest BCUT2D eigenvalue weighted by molar-refractivity contribution is -0.192. The molecule has 4 rings (SSSR count).